The average molecular weight is 343 g/mol. The van der Waals surface area contributed by atoms with E-state index in [0.717, 1.165) is 12.5 Å². The first-order valence-corrected chi connectivity index (χ1v) is 7.90. The molecule has 0 aliphatic carbocycles. The van der Waals surface area contributed by atoms with Gasteiger partial charge in [0.25, 0.3) is 5.91 Å². The standard InChI is InChI=1S/C16H16F3NO2S/c1-3-10(2)23-12-4-5-14(13(8-12)16(17,18)19)20-15(21)11-6-7-22-9-11/h4-10H,3H2,1-2H3,(H,20,21)/t10-/m0/s1. The number of halogens is 3. The van der Waals surface area contributed by atoms with Crippen LogP contribution in [-0.2, 0) is 6.18 Å². The van der Waals surface area contributed by atoms with Crippen LogP contribution in [0.4, 0.5) is 18.9 Å². The van der Waals surface area contributed by atoms with E-state index in [1.54, 1.807) is 6.07 Å². The van der Waals surface area contributed by atoms with Gasteiger partial charge in [-0.05, 0) is 30.7 Å². The predicted molar refractivity (Wildman–Crippen MR) is 83.7 cm³/mol. The number of carbonyl (C=O) groups is 1. The Kier molecular flexibility index (Phi) is 5.41. The molecule has 23 heavy (non-hydrogen) atoms. The Labute approximate surface area is 136 Å². The predicted octanol–water partition coefficient (Wildman–Crippen LogP) is 5.44. The van der Waals surface area contributed by atoms with Crippen LogP contribution in [0.15, 0.2) is 46.1 Å². The summed E-state index contributed by atoms with van der Waals surface area (Å²) in [5, 5.41) is 2.50. The number of hydrogen-bond donors (Lipinski definition) is 1. The molecule has 1 heterocycles. The summed E-state index contributed by atoms with van der Waals surface area (Å²) in [6, 6.07) is 5.32. The van der Waals surface area contributed by atoms with E-state index in [4.69, 9.17) is 4.42 Å². The molecule has 2 rings (SSSR count). The van der Waals surface area contributed by atoms with Crippen LogP contribution in [0.3, 0.4) is 0 Å². The Bertz CT molecular complexity index is 668. The molecule has 0 unspecified atom stereocenters. The summed E-state index contributed by atoms with van der Waals surface area (Å²) in [6.07, 6.45) is -1.24. The lowest BCUT2D eigenvalue weighted by atomic mass is 10.1. The topological polar surface area (TPSA) is 42.2 Å². The van der Waals surface area contributed by atoms with E-state index in [1.807, 2.05) is 13.8 Å². The number of carbonyl (C=O) groups excluding carboxylic acids is 1. The summed E-state index contributed by atoms with van der Waals surface area (Å²) in [6.45, 7) is 3.92. The van der Waals surface area contributed by atoms with Crippen molar-refractivity contribution in [3.63, 3.8) is 0 Å². The third-order valence-electron chi connectivity index (χ3n) is 3.24. The number of alkyl halides is 3. The molecular weight excluding hydrogens is 327 g/mol. The molecule has 0 fully saturated rings. The molecule has 1 N–H and O–H groups in total. The van der Waals surface area contributed by atoms with Gasteiger partial charge in [0.1, 0.15) is 6.26 Å². The van der Waals surface area contributed by atoms with Crippen LogP contribution in [0.25, 0.3) is 0 Å². The quantitative estimate of drug-likeness (QED) is 0.735. The molecule has 0 saturated carbocycles. The number of furan rings is 1. The first-order chi connectivity index (χ1) is 10.8. The second-order valence-corrected chi connectivity index (χ2v) is 6.52. The third-order valence-corrected chi connectivity index (χ3v) is 4.50. The fourth-order valence-corrected chi connectivity index (χ4v) is 2.81. The summed E-state index contributed by atoms with van der Waals surface area (Å²) in [7, 11) is 0. The zero-order chi connectivity index (χ0) is 17.0. The molecular formula is C16H16F3NO2S. The Morgan fingerprint density at radius 1 is 1.35 bits per heavy atom. The second kappa shape index (κ2) is 7.12. The normalized spacial score (nSPS) is 12.9. The maximum Gasteiger partial charge on any atom is 0.418 e. The molecule has 3 nitrogen and oxygen atoms in total. The van der Waals surface area contributed by atoms with Crippen LogP contribution in [-0.4, -0.2) is 11.2 Å². The van der Waals surface area contributed by atoms with Crippen molar-refractivity contribution < 1.29 is 22.4 Å². The number of rotatable bonds is 5. The second-order valence-electron chi connectivity index (χ2n) is 5.01. The number of hydrogen-bond acceptors (Lipinski definition) is 3. The van der Waals surface area contributed by atoms with Gasteiger partial charge in [0.2, 0.25) is 0 Å². The molecule has 1 amide bonds. The van der Waals surface area contributed by atoms with E-state index in [2.05, 4.69) is 5.32 Å². The smallest absolute Gasteiger partial charge is 0.418 e. The average Bonchev–Trinajstić information content (AvgIpc) is 3.02. The molecule has 7 heteroatoms. The van der Waals surface area contributed by atoms with Crippen LogP contribution in [0.2, 0.25) is 0 Å². The van der Waals surface area contributed by atoms with E-state index in [9.17, 15) is 18.0 Å². The lowest BCUT2D eigenvalue weighted by Gasteiger charge is -2.16. The van der Waals surface area contributed by atoms with Gasteiger partial charge in [0, 0.05) is 10.1 Å². The van der Waals surface area contributed by atoms with Crippen molar-refractivity contribution in [3.8, 4) is 0 Å². The van der Waals surface area contributed by atoms with Crippen molar-refractivity contribution in [2.45, 2.75) is 36.6 Å². The molecule has 1 aromatic heterocycles. The molecule has 0 radical (unpaired) electrons. The fraction of sp³-hybridized carbons (Fsp3) is 0.312. The molecule has 1 aromatic carbocycles. The lowest BCUT2D eigenvalue weighted by molar-refractivity contribution is -0.137. The molecule has 0 saturated heterocycles. The van der Waals surface area contributed by atoms with Gasteiger partial charge in [-0.3, -0.25) is 4.79 Å². The summed E-state index contributed by atoms with van der Waals surface area (Å²) < 4.78 is 44.5. The summed E-state index contributed by atoms with van der Waals surface area (Å²) >= 11 is 1.37. The number of anilines is 1. The van der Waals surface area contributed by atoms with Crippen molar-refractivity contribution in [1.82, 2.24) is 0 Å². The van der Waals surface area contributed by atoms with Gasteiger partial charge in [-0.15, -0.1) is 11.8 Å². The first kappa shape index (κ1) is 17.5. The number of nitrogens with one attached hydrogen (secondary N) is 1. The van der Waals surface area contributed by atoms with Gasteiger partial charge >= 0.3 is 6.18 Å². The van der Waals surface area contributed by atoms with Crippen molar-refractivity contribution in [3.05, 3.63) is 47.9 Å². The number of thioether (sulfide) groups is 1. The Hall–Kier alpha value is -1.89. The Morgan fingerprint density at radius 2 is 2.09 bits per heavy atom. The zero-order valence-corrected chi connectivity index (χ0v) is 13.4. The highest BCUT2D eigenvalue weighted by Crippen LogP contribution is 2.38. The SMILES string of the molecule is CC[C@H](C)Sc1ccc(NC(=O)c2ccoc2)c(C(F)(F)F)c1. The summed E-state index contributed by atoms with van der Waals surface area (Å²) in [4.78, 5) is 12.4. The third kappa shape index (κ3) is 4.54. The monoisotopic (exact) mass is 343 g/mol. The highest BCUT2D eigenvalue weighted by Gasteiger charge is 2.34. The molecule has 0 bridgehead atoms. The van der Waals surface area contributed by atoms with Crippen LogP contribution < -0.4 is 5.32 Å². The molecule has 124 valence electrons. The highest BCUT2D eigenvalue weighted by molar-refractivity contribution is 7.99. The minimum Gasteiger partial charge on any atom is -0.472 e. The molecule has 1 atom stereocenters. The lowest BCUT2D eigenvalue weighted by Crippen LogP contribution is -2.16. The van der Waals surface area contributed by atoms with Crippen molar-refractivity contribution in [2.75, 3.05) is 5.32 Å². The maximum absolute atomic E-state index is 13.3. The van der Waals surface area contributed by atoms with Gasteiger partial charge < -0.3 is 9.73 Å². The summed E-state index contributed by atoms with van der Waals surface area (Å²) in [5.41, 5.74) is -0.962. The van der Waals surface area contributed by atoms with E-state index in [-0.39, 0.29) is 16.5 Å². The fourth-order valence-electron chi connectivity index (χ4n) is 1.84. The van der Waals surface area contributed by atoms with E-state index < -0.39 is 17.6 Å². The van der Waals surface area contributed by atoms with Crippen LogP contribution in [0.5, 0.6) is 0 Å². The first-order valence-electron chi connectivity index (χ1n) is 7.02. The number of benzene rings is 1. The minimum atomic E-state index is -4.55. The molecule has 0 spiro atoms. The molecule has 0 aliphatic heterocycles. The highest BCUT2D eigenvalue weighted by atomic mass is 32.2. The van der Waals surface area contributed by atoms with Gasteiger partial charge in [0.15, 0.2) is 0 Å². The number of amides is 1. The van der Waals surface area contributed by atoms with Crippen molar-refractivity contribution in [2.24, 2.45) is 0 Å². The van der Waals surface area contributed by atoms with Crippen LogP contribution in [0, 0.1) is 0 Å². The summed E-state index contributed by atoms with van der Waals surface area (Å²) in [5.74, 6) is -0.647. The zero-order valence-electron chi connectivity index (χ0n) is 12.6. The van der Waals surface area contributed by atoms with Crippen molar-refractivity contribution >= 4 is 23.4 Å². The van der Waals surface area contributed by atoms with E-state index in [1.165, 1.54) is 36.4 Å². The van der Waals surface area contributed by atoms with E-state index in [0.29, 0.717) is 4.90 Å². The minimum absolute atomic E-state index is 0.163. The van der Waals surface area contributed by atoms with Gasteiger partial charge in [0.05, 0.1) is 23.1 Å². The van der Waals surface area contributed by atoms with Crippen LogP contribution in [0.1, 0.15) is 36.2 Å². The Balaban J connectivity index is 2.29. The van der Waals surface area contributed by atoms with Gasteiger partial charge in [-0.1, -0.05) is 13.8 Å². The molecule has 2 aromatic rings. The van der Waals surface area contributed by atoms with Crippen LogP contribution >= 0.6 is 11.8 Å². The largest absolute Gasteiger partial charge is 0.472 e. The Morgan fingerprint density at radius 3 is 2.65 bits per heavy atom. The van der Waals surface area contributed by atoms with Crippen molar-refractivity contribution in [1.29, 1.82) is 0 Å². The van der Waals surface area contributed by atoms with Gasteiger partial charge in [-0.2, -0.15) is 13.2 Å². The molecule has 0 aliphatic rings. The maximum atomic E-state index is 13.3. The van der Waals surface area contributed by atoms with E-state index >= 15 is 0 Å². The van der Waals surface area contributed by atoms with Gasteiger partial charge in [-0.25, -0.2) is 0 Å².